The van der Waals surface area contributed by atoms with E-state index in [4.69, 9.17) is 5.11 Å². The second-order valence-corrected chi connectivity index (χ2v) is 5.01. The maximum atomic E-state index is 12.1. The molecule has 20 heavy (non-hydrogen) atoms. The van der Waals surface area contributed by atoms with Gasteiger partial charge < -0.3 is 15.4 Å². The number of fused-ring (bicyclic) bond motifs is 1. The number of amides is 1. The maximum Gasteiger partial charge on any atom is 0.326 e. The first-order chi connectivity index (χ1) is 9.61. The smallest absolute Gasteiger partial charge is 0.326 e. The summed E-state index contributed by atoms with van der Waals surface area (Å²) in [6.07, 6.45) is 4.22. The van der Waals surface area contributed by atoms with Crippen LogP contribution in [-0.4, -0.2) is 39.0 Å². The van der Waals surface area contributed by atoms with E-state index in [0.29, 0.717) is 19.4 Å². The van der Waals surface area contributed by atoms with E-state index < -0.39 is 18.1 Å². The minimum atomic E-state index is -0.983. The van der Waals surface area contributed by atoms with E-state index in [-0.39, 0.29) is 5.91 Å². The molecule has 0 radical (unpaired) electrons. The Morgan fingerprint density at radius 2 is 2.40 bits per heavy atom. The van der Waals surface area contributed by atoms with Crippen molar-refractivity contribution in [1.82, 2.24) is 20.6 Å². The van der Waals surface area contributed by atoms with Crippen LogP contribution in [0.1, 0.15) is 37.6 Å². The Kier molecular flexibility index (Phi) is 4.73. The highest BCUT2D eigenvalue weighted by molar-refractivity contribution is 5.87. The Bertz CT molecular complexity index is 486. The Morgan fingerprint density at radius 3 is 3.10 bits per heavy atom. The summed E-state index contributed by atoms with van der Waals surface area (Å²) in [5.74, 6) is -1.26. The van der Waals surface area contributed by atoms with Crippen molar-refractivity contribution < 1.29 is 14.7 Å². The highest BCUT2D eigenvalue weighted by Gasteiger charge is 2.28. The van der Waals surface area contributed by atoms with E-state index in [1.165, 1.54) is 0 Å². The molecule has 1 aliphatic heterocycles. The molecule has 1 aliphatic rings. The van der Waals surface area contributed by atoms with Crippen LogP contribution >= 0.6 is 0 Å². The lowest BCUT2D eigenvalue weighted by Crippen LogP contribution is -2.52. The topological polar surface area (TPSA) is 107 Å². The number of imidazole rings is 1. The first kappa shape index (κ1) is 14.5. The van der Waals surface area contributed by atoms with Gasteiger partial charge in [0.25, 0.3) is 0 Å². The third-order valence-corrected chi connectivity index (χ3v) is 3.51. The lowest BCUT2D eigenvalue weighted by atomic mass is 10.0. The zero-order valence-electron chi connectivity index (χ0n) is 11.5. The molecule has 2 heterocycles. The molecule has 0 aromatic carbocycles. The molecule has 0 aliphatic carbocycles. The van der Waals surface area contributed by atoms with Crippen molar-refractivity contribution in [3.63, 3.8) is 0 Å². The number of hydrogen-bond donors (Lipinski definition) is 4. The van der Waals surface area contributed by atoms with Crippen LogP contribution in [0.5, 0.6) is 0 Å². The van der Waals surface area contributed by atoms with Gasteiger partial charge in [-0.25, -0.2) is 9.78 Å². The fourth-order valence-electron chi connectivity index (χ4n) is 2.29. The van der Waals surface area contributed by atoms with E-state index in [0.717, 1.165) is 24.2 Å². The number of aromatic nitrogens is 2. The molecule has 2 rings (SSSR count). The largest absolute Gasteiger partial charge is 0.480 e. The van der Waals surface area contributed by atoms with Crippen molar-refractivity contribution in [2.24, 2.45) is 0 Å². The Balaban J connectivity index is 1.92. The molecule has 7 heteroatoms. The van der Waals surface area contributed by atoms with Crippen LogP contribution in [0.4, 0.5) is 0 Å². The predicted molar refractivity (Wildman–Crippen MR) is 72.0 cm³/mol. The summed E-state index contributed by atoms with van der Waals surface area (Å²) in [5.41, 5.74) is 1.85. The van der Waals surface area contributed by atoms with Crippen LogP contribution in [0.2, 0.25) is 0 Å². The molecule has 4 N–H and O–H groups in total. The Morgan fingerprint density at radius 1 is 1.60 bits per heavy atom. The van der Waals surface area contributed by atoms with Gasteiger partial charge in [0.1, 0.15) is 6.04 Å². The highest BCUT2D eigenvalue weighted by Crippen LogP contribution is 2.12. The summed E-state index contributed by atoms with van der Waals surface area (Å²) in [7, 11) is 0. The summed E-state index contributed by atoms with van der Waals surface area (Å²) in [6.45, 7) is 2.53. The lowest BCUT2D eigenvalue weighted by molar-refractivity contribution is -0.142. The number of nitrogens with one attached hydrogen (secondary N) is 3. The van der Waals surface area contributed by atoms with Crippen molar-refractivity contribution >= 4 is 11.9 Å². The van der Waals surface area contributed by atoms with Crippen molar-refractivity contribution in [1.29, 1.82) is 0 Å². The zero-order chi connectivity index (χ0) is 14.5. The van der Waals surface area contributed by atoms with Gasteiger partial charge in [0, 0.05) is 13.0 Å². The molecule has 0 bridgehead atoms. The Hall–Kier alpha value is -1.89. The molecule has 1 aromatic heterocycles. The second-order valence-electron chi connectivity index (χ2n) is 5.01. The van der Waals surface area contributed by atoms with Crippen LogP contribution in [-0.2, 0) is 22.6 Å². The maximum absolute atomic E-state index is 12.1. The van der Waals surface area contributed by atoms with Gasteiger partial charge in [0.05, 0.1) is 23.8 Å². The van der Waals surface area contributed by atoms with Gasteiger partial charge in [0.15, 0.2) is 0 Å². The molecular weight excluding hydrogens is 260 g/mol. The van der Waals surface area contributed by atoms with E-state index in [2.05, 4.69) is 20.6 Å². The van der Waals surface area contributed by atoms with Crippen molar-refractivity contribution in [2.45, 2.75) is 51.2 Å². The number of H-pyrrole nitrogens is 1. The molecule has 1 amide bonds. The molecule has 0 saturated heterocycles. The molecule has 2 atom stereocenters. The summed E-state index contributed by atoms with van der Waals surface area (Å²) in [5, 5.41) is 14.8. The highest BCUT2D eigenvalue weighted by atomic mass is 16.4. The average Bonchev–Trinajstić information content (AvgIpc) is 2.90. The fraction of sp³-hybridized carbons (Fsp3) is 0.615. The van der Waals surface area contributed by atoms with E-state index >= 15 is 0 Å². The summed E-state index contributed by atoms with van der Waals surface area (Å²) in [6, 6.07) is -1.24. The first-order valence-corrected chi connectivity index (χ1v) is 6.89. The lowest BCUT2D eigenvalue weighted by Gasteiger charge is -2.24. The van der Waals surface area contributed by atoms with Gasteiger partial charge in [-0.2, -0.15) is 0 Å². The molecular formula is C13H20N4O3. The number of carboxylic acids is 1. The van der Waals surface area contributed by atoms with Gasteiger partial charge in [-0.15, -0.1) is 0 Å². The third-order valence-electron chi connectivity index (χ3n) is 3.51. The number of carbonyl (C=O) groups excluding carboxylic acids is 1. The number of unbranched alkanes of at least 4 members (excludes halogenated alkanes) is 1. The van der Waals surface area contributed by atoms with Crippen LogP contribution in [0, 0.1) is 0 Å². The number of carboxylic acid groups (broad SMARTS) is 1. The van der Waals surface area contributed by atoms with Crippen molar-refractivity contribution in [3.05, 3.63) is 17.7 Å². The predicted octanol–water partition coefficient (Wildman–Crippen LogP) is 0.184. The molecule has 0 fully saturated rings. The number of hydrogen-bond acceptors (Lipinski definition) is 4. The number of aromatic amines is 1. The quantitative estimate of drug-likeness (QED) is 0.595. The minimum absolute atomic E-state index is 0.276. The van der Waals surface area contributed by atoms with E-state index in [9.17, 15) is 9.59 Å². The molecule has 7 nitrogen and oxygen atoms in total. The van der Waals surface area contributed by atoms with E-state index in [1.807, 2.05) is 6.92 Å². The third kappa shape index (κ3) is 3.36. The molecule has 1 aromatic rings. The zero-order valence-corrected chi connectivity index (χ0v) is 11.5. The van der Waals surface area contributed by atoms with Crippen LogP contribution in [0.25, 0.3) is 0 Å². The monoisotopic (exact) mass is 280 g/mol. The van der Waals surface area contributed by atoms with Gasteiger partial charge in [-0.1, -0.05) is 19.8 Å². The van der Waals surface area contributed by atoms with Crippen molar-refractivity contribution in [2.75, 3.05) is 0 Å². The summed E-state index contributed by atoms with van der Waals surface area (Å²) in [4.78, 5) is 30.4. The number of nitrogens with zero attached hydrogens (tertiary/aromatic N) is 1. The van der Waals surface area contributed by atoms with Gasteiger partial charge >= 0.3 is 5.97 Å². The standard InChI is InChI=1S/C13H20N4O3/c1-2-3-4-8(13(19)20)17-12(18)10-5-9-11(6-14-10)16-7-15-9/h7-8,10,14H,2-6H2,1H3,(H,15,16)(H,17,18)(H,19,20)/t8-,10?/m0/s1. The summed E-state index contributed by atoms with van der Waals surface area (Å²) >= 11 is 0. The average molecular weight is 280 g/mol. The number of rotatable bonds is 6. The molecule has 0 spiro atoms. The normalized spacial score (nSPS) is 19.1. The fourth-order valence-corrected chi connectivity index (χ4v) is 2.29. The van der Waals surface area contributed by atoms with E-state index in [1.54, 1.807) is 6.33 Å². The molecule has 0 saturated carbocycles. The van der Waals surface area contributed by atoms with Crippen LogP contribution in [0.3, 0.4) is 0 Å². The molecule has 1 unspecified atom stereocenters. The Labute approximate surface area is 117 Å². The van der Waals surface area contributed by atoms with Gasteiger partial charge in [-0.05, 0) is 6.42 Å². The van der Waals surface area contributed by atoms with Gasteiger partial charge in [-0.3, -0.25) is 10.1 Å². The summed E-state index contributed by atoms with van der Waals surface area (Å²) < 4.78 is 0. The second kappa shape index (κ2) is 6.51. The molecule has 110 valence electrons. The van der Waals surface area contributed by atoms with Crippen LogP contribution < -0.4 is 10.6 Å². The van der Waals surface area contributed by atoms with Crippen LogP contribution in [0.15, 0.2) is 6.33 Å². The SMILES string of the molecule is CCCC[C@H](NC(=O)C1Cc2nc[nH]c2CN1)C(=O)O. The minimum Gasteiger partial charge on any atom is -0.480 e. The number of carbonyl (C=O) groups is 2. The number of aliphatic carboxylic acids is 1. The van der Waals surface area contributed by atoms with Crippen molar-refractivity contribution in [3.8, 4) is 0 Å². The first-order valence-electron chi connectivity index (χ1n) is 6.89. The van der Waals surface area contributed by atoms with Gasteiger partial charge in [0.2, 0.25) is 5.91 Å².